The zero-order valence-corrected chi connectivity index (χ0v) is 28.6. The Bertz CT molecular complexity index is 1580. The molecule has 3 aromatic rings. The van der Waals surface area contributed by atoms with E-state index in [1.807, 2.05) is 44.2 Å². The highest BCUT2D eigenvalue weighted by Gasteiger charge is 2.29. The van der Waals surface area contributed by atoms with Gasteiger partial charge in [-0.25, -0.2) is 4.68 Å². The second kappa shape index (κ2) is 17.9. The second-order valence-electron chi connectivity index (χ2n) is 12.8. The van der Waals surface area contributed by atoms with E-state index in [1.165, 1.54) is 0 Å². The van der Waals surface area contributed by atoms with Crippen LogP contribution < -0.4 is 21.3 Å². The Kier molecular flexibility index (Phi) is 13.4. The number of nitrogens with zero attached hydrogens (tertiary/aromatic N) is 5. The number of aryl methyl sites for hydroxylation is 2. The van der Waals surface area contributed by atoms with Crippen molar-refractivity contribution in [2.45, 2.75) is 91.0 Å². The normalized spacial score (nSPS) is 20.2. The van der Waals surface area contributed by atoms with Gasteiger partial charge >= 0.3 is 0 Å². The van der Waals surface area contributed by atoms with Crippen LogP contribution in [0.5, 0.6) is 0 Å². The first-order valence-corrected chi connectivity index (χ1v) is 16.8. The molecular weight excluding hydrogens is 626 g/mol. The van der Waals surface area contributed by atoms with Gasteiger partial charge in [-0.1, -0.05) is 56.3 Å². The molecule has 14 heteroatoms. The van der Waals surface area contributed by atoms with Gasteiger partial charge in [-0.3, -0.25) is 24.0 Å². The van der Waals surface area contributed by atoms with Gasteiger partial charge in [-0.05, 0) is 72.7 Å². The van der Waals surface area contributed by atoms with E-state index in [4.69, 9.17) is 0 Å². The van der Waals surface area contributed by atoms with Crippen molar-refractivity contribution in [2.24, 2.45) is 5.92 Å². The summed E-state index contributed by atoms with van der Waals surface area (Å²) in [7, 11) is 0. The van der Waals surface area contributed by atoms with E-state index in [9.17, 15) is 24.0 Å². The van der Waals surface area contributed by atoms with Crippen LogP contribution in [0, 0.1) is 12.8 Å². The summed E-state index contributed by atoms with van der Waals surface area (Å²) in [6, 6.07) is 13.5. The van der Waals surface area contributed by atoms with Crippen molar-refractivity contribution >= 4 is 29.5 Å². The van der Waals surface area contributed by atoms with Crippen molar-refractivity contribution < 1.29 is 24.0 Å². The van der Waals surface area contributed by atoms with Crippen LogP contribution in [0.3, 0.4) is 0 Å². The van der Waals surface area contributed by atoms with Crippen molar-refractivity contribution in [1.29, 1.82) is 0 Å². The van der Waals surface area contributed by atoms with Crippen LogP contribution in [-0.2, 0) is 38.7 Å². The summed E-state index contributed by atoms with van der Waals surface area (Å²) in [5, 5.41) is 22.7. The molecule has 5 rings (SSSR count). The van der Waals surface area contributed by atoms with Gasteiger partial charge in [0.2, 0.25) is 23.6 Å². The maximum Gasteiger partial charge on any atom is 0.251 e. The second-order valence-corrected chi connectivity index (χ2v) is 12.8. The number of carbonyl (C=O) groups is 5. The summed E-state index contributed by atoms with van der Waals surface area (Å²) >= 11 is 0. The minimum Gasteiger partial charge on any atom is -0.354 e. The molecular formula is C35H47N9O5. The number of carbonyl (C=O) groups excluding carboxylic acids is 5. The van der Waals surface area contributed by atoms with E-state index in [-0.39, 0.29) is 30.6 Å². The lowest BCUT2D eigenvalue weighted by atomic mass is 10.0. The standard InChI is InChI=1S/C35H47N9O5/c1-23(2)20-29-34(48)37-24(3)32(46)36-17-8-9-18-43(31(45)16-19-44-25(4)40-41-42-44)22-27-12-14-28(15-13-27)33(47)38-30(35(49)39-29)21-26-10-6-5-7-11-26/h5-7,10-15,23-24,29-30H,8-9,16-22H2,1-4H3,(H,36,46)(H,37,48)(H,38,47)(H,39,49)/t24-,29+,30-/m1/s1. The Morgan fingerprint density at radius 1 is 0.898 bits per heavy atom. The van der Waals surface area contributed by atoms with Crippen molar-refractivity contribution in [3.8, 4) is 0 Å². The van der Waals surface area contributed by atoms with Crippen LogP contribution in [0.15, 0.2) is 54.6 Å². The summed E-state index contributed by atoms with van der Waals surface area (Å²) in [5.74, 6) is -1.21. The number of rotatable bonds is 7. The fourth-order valence-electron chi connectivity index (χ4n) is 5.54. The molecule has 0 radical (unpaired) electrons. The van der Waals surface area contributed by atoms with Gasteiger partial charge < -0.3 is 26.2 Å². The Hall–Kier alpha value is -5.14. The molecule has 0 saturated carbocycles. The largest absolute Gasteiger partial charge is 0.354 e. The molecule has 3 atom stereocenters. The van der Waals surface area contributed by atoms with Crippen molar-refractivity contribution in [3.05, 3.63) is 77.1 Å². The molecule has 49 heavy (non-hydrogen) atoms. The number of fused-ring (bicyclic) bond motifs is 18. The molecule has 2 bridgehead atoms. The molecule has 4 N–H and O–H groups in total. The maximum atomic E-state index is 13.7. The Balaban J connectivity index is 1.58. The molecule has 14 nitrogen and oxygen atoms in total. The van der Waals surface area contributed by atoms with Crippen molar-refractivity contribution in [2.75, 3.05) is 13.1 Å². The summed E-state index contributed by atoms with van der Waals surface area (Å²) in [6.07, 6.45) is 1.97. The maximum absolute atomic E-state index is 13.7. The minimum atomic E-state index is -0.983. The smallest absolute Gasteiger partial charge is 0.251 e. The minimum absolute atomic E-state index is 0.0606. The fraction of sp³-hybridized carbons (Fsp3) is 0.486. The van der Waals surface area contributed by atoms with Gasteiger partial charge in [0.05, 0.1) is 6.54 Å². The number of tetrazole rings is 1. The first-order chi connectivity index (χ1) is 23.5. The Morgan fingerprint density at radius 3 is 2.29 bits per heavy atom. The molecule has 262 valence electrons. The summed E-state index contributed by atoms with van der Waals surface area (Å²) < 4.78 is 1.58. The number of benzene rings is 2. The number of amides is 5. The highest BCUT2D eigenvalue weighted by Crippen LogP contribution is 2.13. The third-order valence-corrected chi connectivity index (χ3v) is 8.34. The number of hydrogen-bond donors (Lipinski definition) is 4. The van der Waals surface area contributed by atoms with E-state index in [0.29, 0.717) is 56.8 Å². The lowest BCUT2D eigenvalue weighted by Gasteiger charge is -2.25. The molecule has 3 heterocycles. The predicted molar refractivity (Wildman–Crippen MR) is 182 cm³/mol. The molecule has 0 aliphatic carbocycles. The first kappa shape index (κ1) is 36.7. The van der Waals surface area contributed by atoms with Crippen LogP contribution in [-0.4, -0.2) is 85.9 Å². The van der Waals surface area contributed by atoms with E-state index in [0.717, 1.165) is 11.1 Å². The van der Waals surface area contributed by atoms with E-state index >= 15 is 0 Å². The number of nitrogens with one attached hydrogen (secondary N) is 4. The van der Waals surface area contributed by atoms with E-state index < -0.39 is 35.8 Å². The predicted octanol–water partition coefficient (Wildman–Crippen LogP) is 1.69. The van der Waals surface area contributed by atoms with E-state index in [2.05, 4.69) is 36.8 Å². The van der Waals surface area contributed by atoms with Gasteiger partial charge in [0.15, 0.2) is 0 Å². The van der Waals surface area contributed by atoms with Gasteiger partial charge in [0.25, 0.3) is 5.91 Å². The summed E-state index contributed by atoms with van der Waals surface area (Å²) in [5.41, 5.74) is 2.01. The van der Waals surface area contributed by atoms with Crippen molar-refractivity contribution in [3.63, 3.8) is 0 Å². The van der Waals surface area contributed by atoms with Crippen LogP contribution in [0.2, 0.25) is 0 Å². The molecule has 5 amide bonds. The molecule has 2 aliphatic rings. The van der Waals surface area contributed by atoms with Gasteiger partial charge in [0, 0.05) is 38.0 Å². The lowest BCUT2D eigenvalue weighted by Crippen LogP contribution is -2.57. The van der Waals surface area contributed by atoms with Crippen LogP contribution >= 0.6 is 0 Å². The number of hydrogen-bond acceptors (Lipinski definition) is 8. The Labute approximate surface area is 286 Å². The highest BCUT2D eigenvalue weighted by atomic mass is 16.2. The van der Waals surface area contributed by atoms with Crippen LogP contribution in [0.4, 0.5) is 0 Å². The number of aromatic nitrogens is 4. The Morgan fingerprint density at radius 2 is 1.61 bits per heavy atom. The summed E-state index contributed by atoms with van der Waals surface area (Å²) in [6.45, 7) is 8.70. The monoisotopic (exact) mass is 673 g/mol. The first-order valence-electron chi connectivity index (χ1n) is 16.8. The molecule has 2 aromatic carbocycles. The van der Waals surface area contributed by atoms with Crippen molar-refractivity contribution in [1.82, 2.24) is 46.4 Å². The molecule has 0 spiro atoms. The molecule has 2 aliphatic heterocycles. The van der Waals surface area contributed by atoms with Crippen LogP contribution in [0.25, 0.3) is 0 Å². The average Bonchev–Trinajstić information content (AvgIpc) is 3.49. The topological polar surface area (TPSA) is 180 Å². The zero-order valence-electron chi connectivity index (χ0n) is 28.6. The van der Waals surface area contributed by atoms with Gasteiger partial charge in [0.1, 0.15) is 23.9 Å². The average molecular weight is 674 g/mol. The third kappa shape index (κ3) is 11.2. The lowest BCUT2D eigenvalue weighted by molar-refractivity contribution is -0.132. The van der Waals surface area contributed by atoms with E-state index in [1.54, 1.807) is 47.7 Å². The van der Waals surface area contributed by atoms with Crippen LogP contribution in [0.1, 0.15) is 73.8 Å². The quantitative estimate of drug-likeness (QED) is 0.274. The van der Waals surface area contributed by atoms with Gasteiger partial charge in [-0.2, -0.15) is 0 Å². The zero-order chi connectivity index (χ0) is 35.3. The molecule has 0 unspecified atom stereocenters. The molecule has 1 aromatic heterocycles. The third-order valence-electron chi connectivity index (χ3n) is 8.34. The fourth-order valence-corrected chi connectivity index (χ4v) is 5.54. The van der Waals surface area contributed by atoms with Gasteiger partial charge in [-0.15, -0.1) is 5.10 Å². The molecule has 0 saturated heterocycles. The highest BCUT2D eigenvalue weighted by molar-refractivity contribution is 5.99. The molecule has 0 fully saturated rings. The summed E-state index contributed by atoms with van der Waals surface area (Å²) in [4.78, 5) is 68.6. The SMILES string of the molecule is Cc1nnnn1CCC(=O)N1CCCCNC(=O)[C@@H](C)NC(=O)[C@H](CC(C)C)NC(=O)[C@@H](Cc2ccccc2)NC(=O)c2ccc(cc2)C1.